The van der Waals surface area contributed by atoms with Crippen molar-refractivity contribution in [2.45, 2.75) is 13.1 Å². The fraction of sp³-hybridized carbons (Fsp3) is 0.167. The number of fused-ring (bicyclic) bond motifs is 1. The van der Waals surface area contributed by atoms with Crippen molar-refractivity contribution in [3.63, 3.8) is 0 Å². The minimum atomic E-state index is 0.721. The number of nitrogens with zero attached hydrogens (tertiary/aromatic N) is 2. The molecule has 1 heterocycles. The highest BCUT2D eigenvalue weighted by molar-refractivity contribution is 5.81. The van der Waals surface area contributed by atoms with E-state index in [1.54, 1.807) is 0 Å². The van der Waals surface area contributed by atoms with E-state index in [4.69, 9.17) is 0 Å². The van der Waals surface area contributed by atoms with Crippen LogP contribution in [0.15, 0.2) is 54.7 Å². The lowest BCUT2D eigenvalue weighted by molar-refractivity contribution is 0.817. The Kier molecular flexibility index (Phi) is 3.72. The number of aromatic nitrogens is 1. The van der Waals surface area contributed by atoms with Crippen molar-refractivity contribution in [3.05, 3.63) is 71.4 Å². The van der Waals surface area contributed by atoms with Crippen molar-refractivity contribution >= 4 is 10.9 Å². The Labute approximate surface area is 124 Å². The molecule has 0 aliphatic rings. The molecule has 0 aliphatic carbocycles. The molecule has 1 N–H and O–H groups in total. The predicted molar refractivity (Wildman–Crippen MR) is 85.0 cm³/mol. The van der Waals surface area contributed by atoms with Gasteiger partial charge in [0.05, 0.1) is 11.6 Å². The van der Waals surface area contributed by atoms with Gasteiger partial charge in [0, 0.05) is 24.8 Å². The van der Waals surface area contributed by atoms with E-state index in [1.807, 2.05) is 31.3 Å². The van der Waals surface area contributed by atoms with Gasteiger partial charge in [0.1, 0.15) is 0 Å². The van der Waals surface area contributed by atoms with Crippen LogP contribution in [0.1, 0.15) is 16.7 Å². The molecule has 0 amide bonds. The third-order valence-electron chi connectivity index (χ3n) is 3.69. The quantitative estimate of drug-likeness (QED) is 0.794. The second kappa shape index (κ2) is 5.82. The van der Waals surface area contributed by atoms with Crippen molar-refractivity contribution in [1.29, 1.82) is 5.26 Å². The van der Waals surface area contributed by atoms with Gasteiger partial charge in [0.2, 0.25) is 0 Å². The van der Waals surface area contributed by atoms with Crippen LogP contribution in [0.3, 0.4) is 0 Å². The standard InChI is InChI=1S/C18H17N3/c1-20-12-14-6-7-18-15(10-14)8-9-21(18)13-17-5-3-2-4-16(17)11-19/h2-10,20H,12-13H2,1H3. The van der Waals surface area contributed by atoms with Crippen molar-refractivity contribution in [3.8, 4) is 6.07 Å². The van der Waals surface area contributed by atoms with Crippen LogP contribution in [0.4, 0.5) is 0 Å². The third kappa shape index (κ3) is 2.67. The largest absolute Gasteiger partial charge is 0.343 e. The van der Waals surface area contributed by atoms with Gasteiger partial charge in [-0.15, -0.1) is 0 Å². The monoisotopic (exact) mass is 275 g/mol. The summed E-state index contributed by atoms with van der Waals surface area (Å²) in [5.41, 5.74) is 4.27. The molecule has 0 aliphatic heterocycles. The molecule has 1 aromatic heterocycles. The smallest absolute Gasteiger partial charge is 0.0995 e. The van der Waals surface area contributed by atoms with Gasteiger partial charge in [-0.05, 0) is 47.8 Å². The molecule has 0 spiro atoms. The molecule has 3 rings (SSSR count). The molecule has 0 atom stereocenters. The maximum atomic E-state index is 9.19. The summed E-state index contributed by atoms with van der Waals surface area (Å²) >= 11 is 0. The third-order valence-corrected chi connectivity index (χ3v) is 3.69. The average Bonchev–Trinajstić information content (AvgIpc) is 2.91. The van der Waals surface area contributed by atoms with Crippen LogP contribution in [0.5, 0.6) is 0 Å². The van der Waals surface area contributed by atoms with Gasteiger partial charge in [-0.2, -0.15) is 5.26 Å². The highest BCUT2D eigenvalue weighted by Crippen LogP contribution is 2.20. The van der Waals surface area contributed by atoms with Gasteiger partial charge in [0.15, 0.2) is 0 Å². The zero-order chi connectivity index (χ0) is 14.7. The van der Waals surface area contributed by atoms with Crippen LogP contribution in [-0.2, 0) is 13.1 Å². The summed E-state index contributed by atoms with van der Waals surface area (Å²) in [5, 5.41) is 13.6. The first-order valence-corrected chi connectivity index (χ1v) is 7.02. The molecule has 3 nitrogen and oxygen atoms in total. The summed E-state index contributed by atoms with van der Waals surface area (Å²) in [5.74, 6) is 0. The Hall–Kier alpha value is -2.57. The van der Waals surface area contributed by atoms with Crippen molar-refractivity contribution < 1.29 is 0 Å². The minimum Gasteiger partial charge on any atom is -0.343 e. The van der Waals surface area contributed by atoms with E-state index in [0.29, 0.717) is 0 Å². The van der Waals surface area contributed by atoms with Crippen LogP contribution < -0.4 is 5.32 Å². The number of hydrogen-bond donors (Lipinski definition) is 1. The van der Waals surface area contributed by atoms with Crippen LogP contribution >= 0.6 is 0 Å². The minimum absolute atomic E-state index is 0.721. The van der Waals surface area contributed by atoms with Crippen molar-refractivity contribution in [2.75, 3.05) is 7.05 Å². The van der Waals surface area contributed by atoms with E-state index < -0.39 is 0 Å². The topological polar surface area (TPSA) is 40.8 Å². The Morgan fingerprint density at radius 3 is 2.81 bits per heavy atom. The number of nitrogens with one attached hydrogen (secondary N) is 1. The molecule has 3 aromatic rings. The molecule has 0 saturated carbocycles. The molecule has 2 aromatic carbocycles. The van der Waals surface area contributed by atoms with Gasteiger partial charge >= 0.3 is 0 Å². The average molecular weight is 275 g/mol. The van der Waals surface area contributed by atoms with Crippen LogP contribution in [-0.4, -0.2) is 11.6 Å². The van der Waals surface area contributed by atoms with E-state index >= 15 is 0 Å². The summed E-state index contributed by atoms with van der Waals surface area (Å²) < 4.78 is 2.19. The van der Waals surface area contributed by atoms with Crippen LogP contribution in [0.25, 0.3) is 10.9 Å². The second-order valence-electron chi connectivity index (χ2n) is 5.14. The van der Waals surface area contributed by atoms with E-state index in [-0.39, 0.29) is 0 Å². The maximum Gasteiger partial charge on any atom is 0.0995 e. The van der Waals surface area contributed by atoms with Crippen LogP contribution in [0, 0.1) is 11.3 Å². The summed E-state index contributed by atoms with van der Waals surface area (Å²) in [4.78, 5) is 0. The Morgan fingerprint density at radius 1 is 1.14 bits per heavy atom. The molecule has 0 unspecified atom stereocenters. The number of benzene rings is 2. The van der Waals surface area contributed by atoms with Crippen molar-refractivity contribution in [1.82, 2.24) is 9.88 Å². The molecule has 21 heavy (non-hydrogen) atoms. The summed E-state index contributed by atoms with van der Waals surface area (Å²) in [6.45, 7) is 1.59. The summed E-state index contributed by atoms with van der Waals surface area (Å²) in [7, 11) is 1.95. The van der Waals surface area contributed by atoms with E-state index in [9.17, 15) is 5.26 Å². The Morgan fingerprint density at radius 2 is 2.00 bits per heavy atom. The number of nitriles is 1. The van der Waals surface area contributed by atoms with Gasteiger partial charge in [-0.25, -0.2) is 0 Å². The number of rotatable bonds is 4. The molecular weight excluding hydrogens is 258 g/mol. The highest BCUT2D eigenvalue weighted by Gasteiger charge is 2.05. The first-order valence-electron chi connectivity index (χ1n) is 7.02. The van der Waals surface area contributed by atoms with Gasteiger partial charge < -0.3 is 9.88 Å². The Bertz CT molecular complexity index is 809. The zero-order valence-electron chi connectivity index (χ0n) is 12.0. The molecule has 0 saturated heterocycles. The predicted octanol–water partition coefficient (Wildman–Crippen LogP) is 3.28. The van der Waals surface area contributed by atoms with Gasteiger partial charge in [-0.1, -0.05) is 24.3 Å². The van der Waals surface area contributed by atoms with Crippen LogP contribution in [0.2, 0.25) is 0 Å². The summed E-state index contributed by atoms with van der Waals surface area (Å²) in [6, 6.07) is 18.7. The fourth-order valence-corrected chi connectivity index (χ4v) is 2.65. The fourth-order valence-electron chi connectivity index (χ4n) is 2.65. The maximum absolute atomic E-state index is 9.19. The molecule has 0 fully saturated rings. The molecule has 104 valence electrons. The molecule has 0 radical (unpaired) electrons. The van der Waals surface area contributed by atoms with Gasteiger partial charge in [-0.3, -0.25) is 0 Å². The first kappa shape index (κ1) is 13.4. The lowest BCUT2D eigenvalue weighted by Gasteiger charge is -2.08. The zero-order valence-corrected chi connectivity index (χ0v) is 12.0. The normalized spacial score (nSPS) is 10.7. The van der Waals surface area contributed by atoms with E-state index in [1.165, 1.54) is 16.5 Å². The van der Waals surface area contributed by atoms with E-state index in [0.717, 1.165) is 24.2 Å². The summed E-state index contributed by atoms with van der Waals surface area (Å²) in [6.07, 6.45) is 2.09. The lowest BCUT2D eigenvalue weighted by atomic mass is 10.1. The Balaban J connectivity index is 1.96. The first-order chi connectivity index (χ1) is 10.3. The molecule has 0 bridgehead atoms. The van der Waals surface area contributed by atoms with E-state index in [2.05, 4.69) is 46.4 Å². The lowest BCUT2D eigenvalue weighted by Crippen LogP contribution is -2.04. The number of hydrogen-bond acceptors (Lipinski definition) is 2. The van der Waals surface area contributed by atoms with Gasteiger partial charge in [0.25, 0.3) is 0 Å². The molecular formula is C18H17N3. The highest BCUT2D eigenvalue weighted by atomic mass is 14.9. The SMILES string of the molecule is CNCc1ccc2c(ccn2Cc2ccccc2C#N)c1. The molecule has 3 heteroatoms. The second-order valence-corrected chi connectivity index (χ2v) is 5.14. The van der Waals surface area contributed by atoms with Crippen molar-refractivity contribution in [2.24, 2.45) is 0 Å².